The molecule has 0 aromatic carbocycles. The Bertz CT molecular complexity index is 1070. The molecule has 2 aliphatic rings. The minimum atomic E-state index is -0.665. The zero-order valence-corrected chi connectivity index (χ0v) is 20.2. The number of nitriles is 1. The summed E-state index contributed by atoms with van der Waals surface area (Å²) in [5.74, 6) is -0.00342. The van der Waals surface area contributed by atoms with E-state index in [1.807, 2.05) is 13.8 Å². The van der Waals surface area contributed by atoms with Gasteiger partial charge in [0.15, 0.2) is 0 Å². The Hall–Kier alpha value is -2.41. The number of ether oxygens (including phenoxy) is 1. The van der Waals surface area contributed by atoms with E-state index < -0.39 is 18.1 Å². The summed E-state index contributed by atoms with van der Waals surface area (Å²) < 4.78 is 7.52. The number of aromatic nitrogens is 3. The van der Waals surface area contributed by atoms with Crippen LogP contribution in [0.3, 0.4) is 0 Å². The van der Waals surface area contributed by atoms with Gasteiger partial charge in [0.2, 0.25) is 5.95 Å². The van der Waals surface area contributed by atoms with Gasteiger partial charge in [0, 0.05) is 12.0 Å². The zero-order chi connectivity index (χ0) is 23.8. The quantitative estimate of drug-likeness (QED) is 0.523. The molecule has 4 N–H and O–H groups in total. The summed E-state index contributed by atoms with van der Waals surface area (Å²) in [7, 11) is 0. The molecule has 0 bridgehead atoms. The average molecular weight is 474 g/mol. The van der Waals surface area contributed by atoms with E-state index in [9.17, 15) is 10.1 Å². The minimum absolute atomic E-state index is 0.00479. The third kappa shape index (κ3) is 4.27. The molecule has 0 radical (unpaired) electrons. The number of hydrogen-bond acceptors (Lipinski definition) is 8. The number of halogens is 1. The Morgan fingerprint density at radius 3 is 2.88 bits per heavy atom. The van der Waals surface area contributed by atoms with Crippen molar-refractivity contribution in [2.24, 2.45) is 11.7 Å². The summed E-state index contributed by atoms with van der Waals surface area (Å²) in [4.78, 5) is 16.9. The molecule has 3 unspecified atom stereocenters. The summed E-state index contributed by atoms with van der Waals surface area (Å²) in [5, 5.41) is 21.6. The van der Waals surface area contributed by atoms with Gasteiger partial charge >= 0.3 is 5.97 Å². The molecule has 1 aliphatic heterocycles. The van der Waals surface area contributed by atoms with Gasteiger partial charge in [-0.1, -0.05) is 38.8 Å². The molecule has 3 heterocycles. The van der Waals surface area contributed by atoms with Crippen LogP contribution in [0.4, 0.5) is 5.95 Å². The van der Waals surface area contributed by atoms with Gasteiger partial charge in [-0.05, 0) is 38.1 Å². The van der Waals surface area contributed by atoms with Gasteiger partial charge in [-0.15, -0.1) is 5.10 Å². The number of fused-ring (bicyclic) bond motifs is 1. The summed E-state index contributed by atoms with van der Waals surface area (Å²) in [6.07, 6.45) is 6.05. The van der Waals surface area contributed by atoms with Crippen LogP contribution in [0.2, 0.25) is 5.02 Å². The van der Waals surface area contributed by atoms with Crippen LogP contribution in [-0.4, -0.2) is 51.8 Å². The summed E-state index contributed by atoms with van der Waals surface area (Å²) >= 11 is 6.56. The number of piperidine rings is 1. The van der Waals surface area contributed by atoms with Crippen molar-refractivity contribution in [3.63, 3.8) is 0 Å². The summed E-state index contributed by atoms with van der Waals surface area (Å²) in [6, 6.07) is 1.46. The van der Waals surface area contributed by atoms with Crippen LogP contribution in [0.25, 0.3) is 5.52 Å². The normalized spacial score (nSPS) is 23.1. The third-order valence-corrected chi connectivity index (χ3v) is 7.61. The maximum atomic E-state index is 12.4. The molecule has 4 rings (SSSR count). The number of hydrogen-bond donors (Lipinski definition) is 3. The van der Waals surface area contributed by atoms with E-state index in [4.69, 9.17) is 27.2 Å². The van der Waals surface area contributed by atoms with Crippen LogP contribution in [0, 0.1) is 17.2 Å². The van der Waals surface area contributed by atoms with E-state index in [2.05, 4.69) is 28.6 Å². The maximum Gasteiger partial charge on any atom is 0.323 e. The number of esters is 1. The van der Waals surface area contributed by atoms with Gasteiger partial charge in [0.1, 0.15) is 23.7 Å². The molecule has 3 atom stereocenters. The molecule has 2 aromatic heterocycles. The van der Waals surface area contributed by atoms with E-state index in [-0.39, 0.29) is 17.4 Å². The van der Waals surface area contributed by atoms with Crippen molar-refractivity contribution < 1.29 is 9.53 Å². The molecule has 178 valence electrons. The zero-order valence-electron chi connectivity index (χ0n) is 19.4. The van der Waals surface area contributed by atoms with E-state index in [1.165, 1.54) is 0 Å². The number of carbonyl (C=O) groups is 1. The number of nitrogens with one attached hydrogen (secondary N) is 2. The number of anilines is 1. The van der Waals surface area contributed by atoms with Crippen LogP contribution >= 0.6 is 11.6 Å². The van der Waals surface area contributed by atoms with Crippen LogP contribution in [0.15, 0.2) is 6.20 Å². The highest BCUT2D eigenvalue weighted by Gasteiger charge is 2.43. The highest BCUT2D eigenvalue weighted by molar-refractivity contribution is 6.35. The van der Waals surface area contributed by atoms with E-state index in [0.717, 1.165) is 44.3 Å². The minimum Gasteiger partial charge on any atom is -0.458 e. The van der Waals surface area contributed by atoms with Gasteiger partial charge in [0.05, 0.1) is 28.5 Å². The van der Waals surface area contributed by atoms with Crippen molar-refractivity contribution >= 4 is 29.0 Å². The number of rotatable bonds is 7. The van der Waals surface area contributed by atoms with Crippen molar-refractivity contribution in [3.05, 3.63) is 22.5 Å². The fourth-order valence-electron chi connectivity index (χ4n) is 4.81. The molecule has 1 aliphatic carbocycles. The van der Waals surface area contributed by atoms with E-state index in [0.29, 0.717) is 28.6 Å². The van der Waals surface area contributed by atoms with Crippen molar-refractivity contribution in [2.75, 3.05) is 18.4 Å². The lowest BCUT2D eigenvalue weighted by molar-refractivity contribution is -0.153. The second-order valence-electron chi connectivity index (χ2n) is 9.50. The number of carbonyl (C=O) groups excluding carboxylic acids is 1. The predicted molar refractivity (Wildman–Crippen MR) is 126 cm³/mol. The lowest BCUT2D eigenvalue weighted by Gasteiger charge is -2.41. The highest BCUT2D eigenvalue weighted by atomic mass is 35.5. The van der Waals surface area contributed by atoms with Crippen LogP contribution in [0.1, 0.15) is 64.1 Å². The van der Waals surface area contributed by atoms with Crippen LogP contribution in [-0.2, 0) is 14.9 Å². The smallest absolute Gasteiger partial charge is 0.323 e. The van der Waals surface area contributed by atoms with Crippen LogP contribution < -0.4 is 16.4 Å². The maximum absolute atomic E-state index is 12.4. The predicted octanol–water partition coefficient (Wildman–Crippen LogP) is 2.75. The van der Waals surface area contributed by atoms with Gasteiger partial charge in [-0.3, -0.25) is 4.79 Å². The first-order valence-corrected chi connectivity index (χ1v) is 12.1. The van der Waals surface area contributed by atoms with Crippen molar-refractivity contribution in [2.45, 2.75) is 76.5 Å². The van der Waals surface area contributed by atoms with Crippen molar-refractivity contribution in [1.29, 1.82) is 5.26 Å². The van der Waals surface area contributed by atoms with Crippen molar-refractivity contribution in [3.8, 4) is 6.07 Å². The van der Waals surface area contributed by atoms with E-state index >= 15 is 0 Å². The molecule has 10 heteroatoms. The molecule has 2 fully saturated rings. The van der Waals surface area contributed by atoms with Gasteiger partial charge < -0.3 is 21.1 Å². The first-order chi connectivity index (χ1) is 15.8. The number of nitrogens with two attached hydrogens (primary N) is 1. The molecular weight excluding hydrogens is 442 g/mol. The topological polar surface area (TPSA) is 130 Å². The Balaban J connectivity index is 1.63. The second kappa shape index (κ2) is 9.45. The SMILES string of the molecule is CCC1(c2c(C#N)c(Cl)c3cnc(NC4CCNCC4OC(=O)C(N)C(C)C)nn23)CCC1. The Labute approximate surface area is 199 Å². The Morgan fingerprint density at radius 1 is 1.52 bits per heavy atom. The lowest BCUT2D eigenvalue weighted by Crippen LogP contribution is -2.52. The number of nitrogens with zero attached hydrogens (tertiary/aromatic N) is 4. The third-order valence-electron chi connectivity index (χ3n) is 7.23. The average Bonchev–Trinajstić information content (AvgIpc) is 3.05. The van der Waals surface area contributed by atoms with Crippen molar-refractivity contribution in [1.82, 2.24) is 19.9 Å². The lowest BCUT2D eigenvalue weighted by atomic mass is 9.64. The van der Waals surface area contributed by atoms with Gasteiger partial charge in [-0.2, -0.15) is 5.26 Å². The highest BCUT2D eigenvalue weighted by Crippen LogP contribution is 2.49. The van der Waals surface area contributed by atoms with Gasteiger partial charge in [-0.25, -0.2) is 9.50 Å². The molecule has 1 saturated carbocycles. The van der Waals surface area contributed by atoms with E-state index in [1.54, 1.807) is 10.7 Å². The molecule has 9 nitrogen and oxygen atoms in total. The fourth-order valence-corrected chi connectivity index (χ4v) is 5.07. The fraction of sp³-hybridized carbons (Fsp3) is 0.652. The summed E-state index contributed by atoms with van der Waals surface area (Å²) in [6.45, 7) is 7.23. The summed E-state index contributed by atoms with van der Waals surface area (Å²) in [5.41, 5.74) is 7.88. The molecule has 1 saturated heterocycles. The first kappa shape index (κ1) is 23.7. The molecule has 2 aromatic rings. The monoisotopic (exact) mass is 473 g/mol. The Morgan fingerprint density at radius 2 is 2.27 bits per heavy atom. The second-order valence-corrected chi connectivity index (χ2v) is 9.88. The largest absolute Gasteiger partial charge is 0.458 e. The Kier molecular flexibility index (Phi) is 6.80. The standard InChI is InChI=1S/C23H32ClN7O2/c1-4-23(7-5-8-23)20-14(10-25)18(24)16-11-28-22(30-31(16)20)29-15-6-9-27-12-17(15)33-21(32)19(26)13(2)3/h11,13,15,17,19,27H,4-9,12,26H2,1-3H3,(H,29,30). The van der Waals surface area contributed by atoms with Crippen LogP contribution in [0.5, 0.6) is 0 Å². The first-order valence-electron chi connectivity index (χ1n) is 11.7. The van der Waals surface area contributed by atoms with Gasteiger partial charge in [0.25, 0.3) is 0 Å². The molecular formula is C23H32ClN7O2. The molecule has 0 amide bonds. The molecule has 33 heavy (non-hydrogen) atoms. The molecule has 0 spiro atoms.